The van der Waals surface area contributed by atoms with E-state index in [-0.39, 0.29) is 0 Å². The molecular formula is C7H4ClF6N3O2. The van der Waals surface area contributed by atoms with Gasteiger partial charge in [0.15, 0.2) is 0 Å². The van der Waals surface area contributed by atoms with E-state index in [0.29, 0.717) is 0 Å². The molecule has 0 aromatic carbocycles. The van der Waals surface area contributed by atoms with Gasteiger partial charge in [0.1, 0.15) is 0 Å². The summed E-state index contributed by atoms with van der Waals surface area (Å²) in [5.41, 5.74) is 0. The molecule has 0 saturated heterocycles. The van der Waals surface area contributed by atoms with Crippen molar-refractivity contribution in [2.24, 2.45) is 0 Å². The second-order valence-corrected chi connectivity index (χ2v) is 3.29. The van der Waals surface area contributed by atoms with Gasteiger partial charge in [-0.25, -0.2) is 0 Å². The Hall–Kier alpha value is -1.52. The van der Waals surface area contributed by atoms with Crippen LogP contribution >= 0.6 is 11.6 Å². The van der Waals surface area contributed by atoms with Crippen molar-refractivity contribution >= 4 is 11.6 Å². The molecule has 0 atom stereocenters. The number of hydrogen-bond acceptors (Lipinski definition) is 5. The molecule has 0 spiro atoms. The van der Waals surface area contributed by atoms with Gasteiger partial charge in [-0.1, -0.05) is 0 Å². The van der Waals surface area contributed by atoms with Crippen molar-refractivity contribution in [1.82, 2.24) is 15.0 Å². The fourth-order valence-corrected chi connectivity index (χ4v) is 1.03. The Morgan fingerprint density at radius 2 is 1.42 bits per heavy atom. The summed E-state index contributed by atoms with van der Waals surface area (Å²) in [7, 11) is 1.03. The van der Waals surface area contributed by atoms with Crippen LogP contribution < -0.4 is 9.47 Å². The SMILES string of the molecule is COc1nc(Cl)nc(OC(C(F)(F)F)C(F)(F)F)n1. The molecule has 0 amide bonds. The van der Waals surface area contributed by atoms with E-state index in [1.165, 1.54) is 0 Å². The van der Waals surface area contributed by atoms with Crippen molar-refractivity contribution in [3.05, 3.63) is 5.28 Å². The molecule has 0 radical (unpaired) electrons. The Bertz CT molecular complexity index is 437. The molecule has 0 aliphatic carbocycles. The molecule has 0 aliphatic rings. The maximum Gasteiger partial charge on any atom is 0.434 e. The summed E-state index contributed by atoms with van der Waals surface area (Å²) >= 11 is 5.26. The van der Waals surface area contributed by atoms with Gasteiger partial charge in [-0.05, 0) is 11.6 Å². The molecule has 0 aliphatic heterocycles. The number of nitrogens with zero attached hydrogens (tertiary/aromatic N) is 3. The summed E-state index contributed by atoms with van der Waals surface area (Å²) in [6.45, 7) is 0. The number of halogens is 7. The third-order valence-corrected chi connectivity index (χ3v) is 1.74. The summed E-state index contributed by atoms with van der Waals surface area (Å²) < 4.78 is 81.3. The highest BCUT2D eigenvalue weighted by atomic mass is 35.5. The van der Waals surface area contributed by atoms with Crippen LogP contribution in [0.5, 0.6) is 12.0 Å². The zero-order chi connectivity index (χ0) is 14.8. The molecular weight excluding hydrogens is 308 g/mol. The molecule has 0 N–H and O–H groups in total. The highest BCUT2D eigenvalue weighted by molar-refractivity contribution is 6.28. The zero-order valence-corrected chi connectivity index (χ0v) is 9.64. The van der Waals surface area contributed by atoms with E-state index in [0.717, 1.165) is 7.11 Å². The van der Waals surface area contributed by atoms with Crippen LogP contribution in [0.4, 0.5) is 26.3 Å². The molecule has 0 bridgehead atoms. The predicted octanol–water partition coefficient (Wildman–Crippen LogP) is 2.41. The lowest BCUT2D eigenvalue weighted by Crippen LogP contribution is -2.46. The van der Waals surface area contributed by atoms with E-state index in [1.54, 1.807) is 0 Å². The number of methoxy groups -OCH3 is 1. The summed E-state index contributed by atoms with van der Waals surface area (Å²) in [5, 5.41) is -0.676. The van der Waals surface area contributed by atoms with E-state index in [9.17, 15) is 26.3 Å². The quantitative estimate of drug-likeness (QED) is 0.802. The molecule has 1 aromatic heterocycles. The maximum atomic E-state index is 12.2. The number of ether oxygens (including phenoxy) is 2. The summed E-state index contributed by atoms with van der Waals surface area (Å²) in [5.74, 6) is 0. The monoisotopic (exact) mass is 311 g/mol. The molecule has 1 heterocycles. The van der Waals surface area contributed by atoms with Gasteiger partial charge in [-0.3, -0.25) is 0 Å². The van der Waals surface area contributed by atoms with Crippen LogP contribution in [-0.4, -0.2) is 40.5 Å². The Morgan fingerprint density at radius 1 is 0.947 bits per heavy atom. The van der Waals surface area contributed by atoms with Crippen molar-refractivity contribution in [2.75, 3.05) is 7.11 Å². The Morgan fingerprint density at radius 3 is 1.84 bits per heavy atom. The van der Waals surface area contributed by atoms with E-state index in [1.807, 2.05) is 0 Å². The van der Waals surface area contributed by atoms with Crippen LogP contribution in [0, 0.1) is 0 Å². The average molecular weight is 312 g/mol. The van der Waals surface area contributed by atoms with E-state index < -0.39 is 35.8 Å². The lowest BCUT2D eigenvalue weighted by Gasteiger charge is -2.22. The standard InChI is InChI=1S/C7H4ClF6N3O2/c1-18-4-15-3(8)16-5(17-4)19-2(6(9,10)11)7(12,13)14/h2H,1H3. The van der Waals surface area contributed by atoms with E-state index >= 15 is 0 Å². The van der Waals surface area contributed by atoms with Crippen LogP contribution in [0.25, 0.3) is 0 Å². The highest BCUT2D eigenvalue weighted by Gasteiger charge is 2.59. The minimum atomic E-state index is -5.69. The molecule has 12 heteroatoms. The van der Waals surface area contributed by atoms with Gasteiger partial charge in [0.25, 0.3) is 6.10 Å². The van der Waals surface area contributed by atoms with Crippen molar-refractivity contribution < 1.29 is 35.8 Å². The molecule has 5 nitrogen and oxygen atoms in total. The van der Waals surface area contributed by atoms with Gasteiger partial charge in [0, 0.05) is 0 Å². The zero-order valence-electron chi connectivity index (χ0n) is 8.88. The minimum Gasteiger partial charge on any atom is -0.467 e. The fraction of sp³-hybridized carbons (Fsp3) is 0.571. The molecule has 19 heavy (non-hydrogen) atoms. The number of hydrogen-bond donors (Lipinski definition) is 0. The first-order valence-corrected chi connectivity index (χ1v) is 4.67. The van der Waals surface area contributed by atoms with Crippen molar-refractivity contribution in [3.63, 3.8) is 0 Å². The first-order chi connectivity index (χ1) is 8.54. The average Bonchev–Trinajstić information content (AvgIpc) is 2.22. The van der Waals surface area contributed by atoms with Gasteiger partial charge in [0.2, 0.25) is 5.28 Å². The second kappa shape index (κ2) is 5.23. The Kier molecular flexibility index (Phi) is 4.28. The van der Waals surface area contributed by atoms with Gasteiger partial charge in [-0.2, -0.15) is 36.3 Å². The van der Waals surface area contributed by atoms with Gasteiger partial charge >= 0.3 is 24.4 Å². The van der Waals surface area contributed by atoms with Gasteiger partial charge in [-0.15, -0.1) is 4.98 Å². The number of rotatable bonds is 3. The molecule has 0 unspecified atom stereocenters. The van der Waals surface area contributed by atoms with Crippen LogP contribution in [0.15, 0.2) is 0 Å². The molecule has 0 fully saturated rings. The lowest BCUT2D eigenvalue weighted by molar-refractivity contribution is -0.301. The van der Waals surface area contributed by atoms with E-state index in [2.05, 4.69) is 24.4 Å². The largest absolute Gasteiger partial charge is 0.467 e. The predicted molar refractivity (Wildman–Crippen MR) is 47.9 cm³/mol. The molecule has 1 rings (SSSR count). The molecule has 1 aromatic rings. The van der Waals surface area contributed by atoms with Crippen molar-refractivity contribution in [2.45, 2.75) is 18.5 Å². The highest BCUT2D eigenvalue weighted by Crippen LogP contribution is 2.35. The minimum absolute atomic E-state index is 0.585. The third-order valence-electron chi connectivity index (χ3n) is 1.57. The molecule has 0 saturated carbocycles. The maximum absolute atomic E-state index is 12.2. The Balaban J connectivity index is 3.07. The summed E-state index contributed by atoms with van der Waals surface area (Å²) in [6.07, 6.45) is -15.5. The fourth-order valence-electron chi connectivity index (χ4n) is 0.883. The summed E-state index contributed by atoms with van der Waals surface area (Å²) in [4.78, 5) is 9.32. The van der Waals surface area contributed by atoms with Crippen molar-refractivity contribution in [3.8, 4) is 12.0 Å². The third kappa shape index (κ3) is 4.26. The summed E-state index contributed by atoms with van der Waals surface area (Å²) in [6, 6.07) is -1.84. The van der Waals surface area contributed by atoms with Crippen LogP contribution in [0.1, 0.15) is 0 Å². The first kappa shape index (κ1) is 15.5. The molecule has 108 valence electrons. The second-order valence-electron chi connectivity index (χ2n) is 2.95. The van der Waals surface area contributed by atoms with Gasteiger partial charge < -0.3 is 9.47 Å². The van der Waals surface area contributed by atoms with Crippen LogP contribution in [0.2, 0.25) is 5.28 Å². The smallest absolute Gasteiger partial charge is 0.434 e. The number of alkyl halides is 6. The van der Waals surface area contributed by atoms with Crippen molar-refractivity contribution in [1.29, 1.82) is 0 Å². The van der Waals surface area contributed by atoms with Crippen LogP contribution in [-0.2, 0) is 0 Å². The van der Waals surface area contributed by atoms with Crippen LogP contribution in [0.3, 0.4) is 0 Å². The normalized spacial score (nSPS) is 12.7. The number of aromatic nitrogens is 3. The van der Waals surface area contributed by atoms with E-state index in [4.69, 9.17) is 11.6 Å². The lowest BCUT2D eigenvalue weighted by atomic mass is 10.3. The Labute approximate surface area is 106 Å². The first-order valence-electron chi connectivity index (χ1n) is 4.29. The van der Waals surface area contributed by atoms with Gasteiger partial charge in [0.05, 0.1) is 7.11 Å². The topological polar surface area (TPSA) is 57.1 Å².